The highest BCUT2D eigenvalue weighted by molar-refractivity contribution is 5.97. The maximum atomic E-state index is 13.7. The molecule has 0 aliphatic carbocycles. The molecule has 0 bridgehead atoms. The van der Waals surface area contributed by atoms with Crippen LogP contribution in [0.5, 0.6) is 0 Å². The summed E-state index contributed by atoms with van der Waals surface area (Å²) in [6, 6.07) is 6.36. The third-order valence-corrected chi connectivity index (χ3v) is 11.0. The van der Waals surface area contributed by atoms with Crippen LogP contribution in [0.2, 0.25) is 0 Å². The minimum atomic E-state index is -1.52. The van der Waals surface area contributed by atoms with E-state index in [-0.39, 0.29) is 38.5 Å². The third kappa shape index (κ3) is 20.2. The number of carbonyl (C=O) groups is 11. The molecule has 26 heteroatoms. The van der Waals surface area contributed by atoms with Gasteiger partial charge in [-0.2, -0.15) is 0 Å². The minimum Gasteiger partial charge on any atom is -0.480 e. The van der Waals surface area contributed by atoms with Crippen molar-refractivity contribution in [1.29, 1.82) is 0 Å². The maximum Gasteiger partial charge on any atom is 0.326 e. The quantitative estimate of drug-likeness (QED) is 0.0261. The van der Waals surface area contributed by atoms with Crippen molar-refractivity contribution in [2.75, 3.05) is 26.2 Å². The Labute approximate surface area is 413 Å². The molecule has 0 aliphatic heterocycles. The lowest BCUT2D eigenvalue weighted by molar-refractivity contribution is -0.142. The number of aromatic amines is 1. The molecule has 0 radical (unpaired) electrons. The Hall–Kier alpha value is -7.97. The van der Waals surface area contributed by atoms with Crippen LogP contribution >= 0.6 is 0 Å². The maximum absolute atomic E-state index is 13.7. The summed E-state index contributed by atoms with van der Waals surface area (Å²) in [6.07, 6.45) is 1.07. The Bertz CT molecular complexity index is 2380. The molecule has 0 saturated carbocycles. The number of hydrogen-bond acceptors (Lipinski definition) is 14. The second-order valence-electron chi connectivity index (χ2n) is 16.8. The predicted octanol–water partition coefficient (Wildman–Crippen LogP) is -4.82. The van der Waals surface area contributed by atoms with Gasteiger partial charge in [-0.3, -0.25) is 47.9 Å². The first kappa shape index (κ1) is 58.3. The van der Waals surface area contributed by atoms with E-state index >= 15 is 0 Å². The Balaban J connectivity index is 1.64. The number of benzene rings is 2. The highest BCUT2D eigenvalue weighted by Crippen LogP contribution is 2.19. The molecule has 26 nitrogen and oxygen atoms in total. The molecule has 2 aromatic carbocycles. The number of aromatic nitrogens is 1. The fourth-order valence-electron chi connectivity index (χ4n) is 7.05. The van der Waals surface area contributed by atoms with Crippen LogP contribution in [0.1, 0.15) is 63.0 Å². The average molecular weight is 1010 g/mol. The summed E-state index contributed by atoms with van der Waals surface area (Å²) in [7, 11) is 0. The van der Waals surface area contributed by atoms with Crippen LogP contribution in [-0.4, -0.2) is 149 Å². The van der Waals surface area contributed by atoms with Crippen LogP contribution in [0.3, 0.4) is 0 Å². The van der Waals surface area contributed by atoms with Crippen molar-refractivity contribution in [2.45, 2.75) is 107 Å². The second kappa shape index (κ2) is 29.9. The van der Waals surface area contributed by atoms with Gasteiger partial charge in [-0.15, -0.1) is 0 Å². The Morgan fingerprint density at radius 1 is 0.583 bits per heavy atom. The van der Waals surface area contributed by atoms with Crippen molar-refractivity contribution in [2.24, 2.45) is 22.9 Å². The molecule has 0 unspecified atom stereocenters. The van der Waals surface area contributed by atoms with Crippen molar-refractivity contribution in [1.82, 2.24) is 47.5 Å². The zero-order valence-corrected chi connectivity index (χ0v) is 39.7. The van der Waals surface area contributed by atoms with Crippen LogP contribution in [0.4, 0.5) is 0 Å². The number of nitrogens with two attached hydrogens (primary N) is 4. The Kier molecular flexibility index (Phi) is 24.2. The number of carboxylic acid groups (broad SMARTS) is 1. The number of aliphatic carboxylic acids is 1. The standard InChI is InChI=1S/C46H65N13O13/c1-25(40(65)56-31(14-16-36(49)61)42(67)52-23-39(64)55-32(15-17-37(50)62)44(69)57-33(46(71)72)13-7-8-18-47)54-38(63)22-53-43(68)34(20-27-21-51-30-12-6-5-11-28(27)30)58-45(70)35(24-60)59-41(66)29(48)19-26-9-3-2-4-10-26/h2-6,9-12,21,25,29,31-35,51,60H,7-8,13-20,22-24,47-48H2,1H3,(H2,49,61)(H2,50,62)(H,52,67)(H,53,68)(H,54,63)(H,55,64)(H,56,65)(H,57,69)(H,58,70)(H,59,66)(H,71,72)/t25-,29-,31-,32-,33-,34-,35-/m0/s1. The number of fused-ring (bicyclic) bond motifs is 1. The Morgan fingerprint density at radius 3 is 1.71 bits per heavy atom. The van der Waals surface area contributed by atoms with Gasteiger partial charge in [-0.25, -0.2) is 4.79 Å². The van der Waals surface area contributed by atoms with Crippen LogP contribution < -0.4 is 65.5 Å². The topological polar surface area (TPSA) is 444 Å². The summed E-state index contributed by atoms with van der Waals surface area (Å²) >= 11 is 0. The highest BCUT2D eigenvalue weighted by Gasteiger charge is 2.31. The number of para-hydroxylation sites is 1. The number of aliphatic hydroxyl groups is 1. The van der Waals surface area contributed by atoms with Crippen LogP contribution in [0, 0.1) is 0 Å². The zero-order chi connectivity index (χ0) is 53.3. The van der Waals surface area contributed by atoms with Gasteiger partial charge in [0.2, 0.25) is 59.1 Å². The lowest BCUT2D eigenvalue weighted by atomic mass is 10.0. The monoisotopic (exact) mass is 1010 g/mol. The predicted molar refractivity (Wildman–Crippen MR) is 258 cm³/mol. The first-order valence-corrected chi connectivity index (χ1v) is 23.0. The van der Waals surface area contributed by atoms with Crippen molar-refractivity contribution in [3.05, 3.63) is 71.9 Å². The summed E-state index contributed by atoms with van der Waals surface area (Å²) in [5.41, 5.74) is 24.1. The fourth-order valence-corrected chi connectivity index (χ4v) is 7.05. The van der Waals surface area contributed by atoms with E-state index in [1.54, 1.807) is 60.8 Å². The van der Waals surface area contributed by atoms with Gasteiger partial charge in [0.25, 0.3) is 0 Å². The molecule has 392 valence electrons. The summed E-state index contributed by atoms with van der Waals surface area (Å²) < 4.78 is 0. The number of aliphatic hydroxyl groups excluding tert-OH is 1. The smallest absolute Gasteiger partial charge is 0.326 e. The van der Waals surface area contributed by atoms with Gasteiger partial charge >= 0.3 is 5.97 Å². The molecule has 0 fully saturated rings. The summed E-state index contributed by atoms with van der Waals surface area (Å²) in [5.74, 6) is -10.3. The van der Waals surface area contributed by atoms with Crippen LogP contribution in [0.15, 0.2) is 60.8 Å². The molecule has 1 heterocycles. The van der Waals surface area contributed by atoms with E-state index in [0.717, 1.165) is 16.5 Å². The van der Waals surface area contributed by atoms with Gasteiger partial charge in [0.15, 0.2) is 0 Å². The molecule has 0 spiro atoms. The van der Waals surface area contributed by atoms with Gasteiger partial charge < -0.3 is 80.7 Å². The normalized spacial score (nSPS) is 13.8. The summed E-state index contributed by atoms with van der Waals surface area (Å²) in [4.78, 5) is 144. The van der Waals surface area contributed by atoms with Crippen LogP contribution in [0.25, 0.3) is 10.9 Å². The number of carbonyl (C=O) groups excluding carboxylic acids is 10. The van der Waals surface area contributed by atoms with E-state index in [1.165, 1.54) is 6.92 Å². The van der Waals surface area contributed by atoms with Gasteiger partial charge in [-0.05, 0) is 69.2 Å². The molecule has 3 rings (SSSR count). The first-order valence-electron chi connectivity index (χ1n) is 23.0. The molecular formula is C46H65N13O13. The van der Waals surface area contributed by atoms with Gasteiger partial charge in [0.05, 0.1) is 25.7 Å². The minimum absolute atomic E-state index is 0.0288. The lowest BCUT2D eigenvalue weighted by Gasteiger charge is -2.23. The first-order chi connectivity index (χ1) is 34.2. The van der Waals surface area contributed by atoms with E-state index < -0.39 is 133 Å². The van der Waals surface area contributed by atoms with E-state index in [1.807, 2.05) is 0 Å². The number of nitrogens with one attached hydrogen (secondary N) is 9. The molecular weight excluding hydrogens is 943 g/mol. The highest BCUT2D eigenvalue weighted by atomic mass is 16.4. The van der Waals surface area contributed by atoms with Crippen molar-refractivity contribution in [3.8, 4) is 0 Å². The number of H-pyrrole nitrogens is 1. The molecule has 19 N–H and O–H groups in total. The van der Waals surface area contributed by atoms with Crippen molar-refractivity contribution >= 4 is 75.9 Å². The molecule has 7 atom stereocenters. The van der Waals surface area contributed by atoms with Gasteiger partial charge in [-0.1, -0.05) is 48.5 Å². The van der Waals surface area contributed by atoms with E-state index in [4.69, 9.17) is 22.9 Å². The fraction of sp³-hybridized carbons (Fsp3) is 0.457. The van der Waals surface area contributed by atoms with E-state index in [9.17, 15) is 63.0 Å². The number of primary amides is 2. The summed E-state index contributed by atoms with van der Waals surface area (Å²) in [5, 5.41) is 39.3. The van der Waals surface area contributed by atoms with Gasteiger partial charge in [0.1, 0.15) is 36.3 Å². The molecule has 0 saturated heterocycles. The number of carboxylic acids is 1. The van der Waals surface area contributed by atoms with Crippen molar-refractivity contribution < 1.29 is 63.0 Å². The third-order valence-electron chi connectivity index (χ3n) is 11.0. The lowest BCUT2D eigenvalue weighted by Crippen LogP contribution is -2.58. The SMILES string of the molecule is C[C@H](NC(=O)CNC(=O)[C@H](Cc1c[nH]c2ccccc12)NC(=O)[C@H](CO)NC(=O)[C@@H](N)Cc1ccccc1)C(=O)N[C@@H](CCC(N)=O)C(=O)NCC(=O)N[C@@H](CCC(N)=O)C(=O)N[C@@H](CCCCN)C(=O)O. The van der Waals surface area contributed by atoms with Crippen LogP contribution in [-0.2, 0) is 65.6 Å². The van der Waals surface area contributed by atoms with E-state index in [2.05, 4.69) is 47.5 Å². The number of rotatable bonds is 32. The molecule has 0 aliphatic rings. The van der Waals surface area contributed by atoms with Crippen molar-refractivity contribution in [3.63, 3.8) is 0 Å². The molecule has 10 amide bonds. The number of unbranched alkanes of at least 4 members (excludes halogenated alkanes) is 1. The summed E-state index contributed by atoms with van der Waals surface area (Å²) in [6.45, 7) is -0.844. The zero-order valence-electron chi connectivity index (χ0n) is 39.7. The van der Waals surface area contributed by atoms with Gasteiger partial charge in [0, 0.05) is 36.4 Å². The average Bonchev–Trinajstić information content (AvgIpc) is 3.75. The molecule has 3 aromatic rings. The number of amides is 10. The number of hydrogen-bond donors (Lipinski definition) is 15. The van der Waals surface area contributed by atoms with E-state index in [0.29, 0.717) is 24.9 Å². The Morgan fingerprint density at radius 2 is 1.11 bits per heavy atom. The largest absolute Gasteiger partial charge is 0.480 e. The molecule has 1 aromatic heterocycles. The second-order valence-corrected chi connectivity index (χ2v) is 16.8. The molecule has 72 heavy (non-hydrogen) atoms.